The van der Waals surface area contributed by atoms with Gasteiger partial charge >= 0.3 is 0 Å². The summed E-state index contributed by atoms with van der Waals surface area (Å²) < 4.78 is 23.8. The standard InChI is InChI=1S/C14H13N5O3S/c15-23(21,22)11-7-5-10(6-8-11)16-14(20)9-19-13-4-2-1-3-12(13)17-18-19/h1-8H,9H2,(H,16,20)(H2,15,21,22). The van der Waals surface area contributed by atoms with Crippen LogP contribution in [0.2, 0.25) is 0 Å². The lowest BCUT2D eigenvalue weighted by Gasteiger charge is -2.06. The Balaban J connectivity index is 1.72. The maximum atomic E-state index is 12.1. The number of aromatic nitrogens is 3. The van der Waals surface area contributed by atoms with Crippen LogP contribution in [0.3, 0.4) is 0 Å². The zero-order valence-electron chi connectivity index (χ0n) is 11.9. The molecule has 3 aromatic rings. The van der Waals surface area contributed by atoms with Crippen LogP contribution >= 0.6 is 0 Å². The fourth-order valence-electron chi connectivity index (χ4n) is 2.10. The molecule has 0 fully saturated rings. The van der Waals surface area contributed by atoms with Crippen LogP contribution < -0.4 is 10.5 Å². The average molecular weight is 331 g/mol. The van der Waals surface area contributed by atoms with Crippen molar-refractivity contribution in [3.8, 4) is 0 Å². The van der Waals surface area contributed by atoms with Gasteiger partial charge in [0.25, 0.3) is 0 Å². The topological polar surface area (TPSA) is 120 Å². The molecular formula is C14H13N5O3S. The Morgan fingerprint density at radius 2 is 1.83 bits per heavy atom. The Labute approximate surface area is 132 Å². The number of benzene rings is 2. The van der Waals surface area contributed by atoms with Crippen LogP contribution in [0.5, 0.6) is 0 Å². The Morgan fingerprint density at radius 3 is 2.52 bits per heavy atom. The van der Waals surface area contributed by atoms with Gasteiger partial charge in [0.2, 0.25) is 15.9 Å². The lowest BCUT2D eigenvalue weighted by Crippen LogP contribution is -2.19. The van der Waals surface area contributed by atoms with E-state index in [0.29, 0.717) is 11.2 Å². The fourth-order valence-corrected chi connectivity index (χ4v) is 2.61. The molecule has 3 rings (SSSR count). The van der Waals surface area contributed by atoms with Crippen molar-refractivity contribution in [3.05, 3.63) is 48.5 Å². The predicted octanol–water partition coefficient (Wildman–Crippen LogP) is 0.717. The quantitative estimate of drug-likeness (QED) is 0.730. The lowest BCUT2D eigenvalue weighted by molar-refractivity contribution is -0.116. The van der Waals surface area contributed by atoms with Crippen molar-refractivity contribution in [3.63, 3.8) is 0 Å². The molecule has 0 spiro atoms. The van der Waals surface area contributed by atoms with E-state index in [1.807, 2.05) is 24.3 Å². The van der Waals surface area contributed by atoms with E-state index in [-0.39, 0.29) is 17.3 Å². The number of hydrogen-bond donors (Lipinski definition) is 2. The van der Waals surface area contributed by atoms with Gasteiger partial charge in [-0.15, -0.1) is 5.10 Å². The van der Waals surface area contributed by atoms with Gasteiger partial charge in [0.15, 0.2) is 0 Å². The maximum absolute atomic E-state index is 12.1. The number of carbonyl (C=O) groups is 1. The van der Waals surface area contributed by atoms with Crippen LogP contribution in [-0.4, -0.2) is 29.3 Å². The molecule has 8 nitrogen and oxygen atoms in total. The van der Waals surface area contributed by atoms with Gasteiger partial charge in [-0.25, -0.2) is 18.2 Å². The monoisotopic (exact) mass is 331 g/mol. The number of nitrogens with zero attached hydrogens (tertiary/aromatic N) is 3. The van der Waals surface area contributed by atoms with Crippen LogP contribution in [0.1, 0.15) is 0 Å². The molecule has 0 aliphatic carbocycles. The van der Waals surface area contributed by atoms with E-state index in [1.54, 1.807) is 0 Å². The first-order valence-corrected chi connectivity index (χ1v) is 8.19. The number of hydrogen-bond acceptors (Lipinski definition) is 5. The molecule has 1 amide bonds. The third kappa shape index (κ3) is 3.35. The molecule has 1 heterocycles. The first-order valence-electron chi connectivity index (χ1n) is 6.64. The van der Waals surface area contributed by atoms with Gasteiger partial charge in [-0.1, -0.05) is 17.3 Å². The first-order chi connectivity index (χ1) is 10.9. The highest BCUT2D eigenvalue weighted by Crippen LogP contribution is 2.13. The molecule has 0 saturated carbocycles. The summed E-state index contributed by atoms with van der Waals surface area (Å²) in [4.78, 5) is 12.0. The molecule has 118 valence electrons. The molecule has 9 heteroatoms. The summed E-state index contributed by atoms with van der Waals surface area (Å²) in [6.45, 7) is -0.00253. The highest BCUT2D eigenvalue weighted by Gasteiger charge is 2.10. The number of nitrogens with one attached hydrogen (secondary N) is 1. The van der Waals surface area contributed by atoms with Gasteiger partial charge in [0.05, 0.1) is 10.4 Å². The van der Waals surface area contributed by atoms with Crippen molar-refractivity contribution in [2.24, 2.45) is 5.14 Å². The van der Waals surface area contributed by atoms with E-state index in [9.17, 15) is 13.2 Å². The summed E-state index contributed by atoms with van der Waals surface area (Å²) >= 11 is 0. The van der Waals surface area contributed by atoms with Crippen molar-refractivity contribution in [2.75, 3.05) is 5.32 Å². The fraction of sp³-hybridized carbons (Fsp3) is 0.0714. The van der Waals surface area contributed by atoms with E-state index in [2.05, 4.69) is 15.6 Å². The van der Waals surface area contributed by atoms with Gasteiger partial charge < -0.3 is 5.32 Å². The number of anilines is 1. The lowest BCUT2D eigenvalue weighted by atomic mass is 10.3. The zero-order chi connectivity index (χ0) is 16.4. The Morgan fingerprint density at radius 1 is 1.13 bits per heavy atom. The summed E-state index contributed by atoms with van der Waals surface area (Å²) in [5.41, 5.74) is 1.93. The molecule has 3 N–H and O–H groups in total. The Hall–Kier alpha value is -2.78. The Kier molecular flexibility index (Phi) is 3.80. The second kappa shape index (κ2) is 5.78. The minimum absolute atomic E-state index is 0.00253. The summed E-state index contributed by atoms with van der Waals surface area (Å²) in [5.74, 6) is -0.302. The third-order valence-corrected chi connectivity index (χ3v) is 4.11. The first kappa shape index (κ1) is 15.1. The SMILES string of the molecule is NS(=O)(=O)c1ccc(NC(=O)Cn2nnc3ccccc32)cc1. The van der Waals surface area contributed by atoms with Gasteiger partial charge in [-0.05, 0) is 36.4 Å². The second-order valence-electron chi connectivity index (χ2n) is 4.85. The Bertz CT molecular complexity index is 964. The molecule has 2 aromatic carbocycles. The third-order valence-electron chi connectivity index (χ3n) is 3.18. The zero-order valence-corrected chi connectivity index (χ0v) is 12.7. The van der Waals surface area contributed by atoms with Crippen molar-refractivity contribution in [1.29, 1.82) is 0 Å². The van der Waals surface area contributed by atoms with Crippen LogP contribution in [0, 0.1) is 0 Å². The van der Waals surface area contributed by atoms with Gasteiger partial charge in [-0.3, -0.25) is 4.79 Å². The largest absolute Gasteiger partial charge is 0.324 e. The summed E-state index contributed by atoms with van der Waals surface area (Å²) in [5, 5.41) is 15.6. The smallest absolute Gasteiger partial charge is 0.246 e. The van der Waals surface area contributed by atoms with Gasteiger partial charge in [0, 0.05) is 5.69 Å². The van der Waals surface area contributed by atoms with Gasteiger partial charge in [0.1, 0.15) is 12.1 Å². The van der Waals surface area contributed by atoms with E-state index >= 15 is 0 Å². The van der Waals surface area contributed by atoms with E-state index in [4.69, 9.17) is 5.14 Å². The van der Waals surface area contributed by atoms with Crippen LogP contribution in [-0.2, 0) is 21.4 Å². The number of amides is 1. The van der Waals surface area contributed by atoms with Crippen LogP contribution in [0.15, 0.2) is 53.4 Å². The predicted molar refractivity (Wildman–Crippen MR) is 84.0 cm³/mol. The number of para-hydroxylation sites is 1. The molecule has 0 saturated heterocycles. The van der Waals surface area contributed by atoms with Crippen molar-refractivity contribution in [2.45, 2.75) is 11.4 Å². The second-order valence-corrected chi connectivity index (χ2v) is 6.41. The highest BCUT2D eigenvalue weighted by atomic mass is 32.2. The minimum atomic E-state index is -3.75. The highest BCUT2D eigenvalue weighted by molar-refractivity contribution is 7.89. The molecule has 0 aliphatic rings. The maximum Gasteiger partial charge on any atom is 0.246 e. The number of primary sulfonamides is 1. The summed E-state index contributed by atoms with van der Waals surface area (Å²) in [6, 6.07) is 12.9. The molecular weight excluding hydrogens is 318 g/mol. The summed E-state index contributed by atoms with van der Waals surface area (Å²) in [6.07, 6.45) is 0. The van der Waals surface area contributed by atoms with Crippen molar-refractivity contribution >= 4 is 32.7 Å². The number of rotatable bonds is 4. The van der Waals surface area contributed by atoms with Crippen molar-refractivity contribution in [1.82, 2.24) is 15.0 Å². The van der Waals surface area contributed by atoms with Crippen LogP contribution in [0.25, 0.3) is 11.0 Å². The minimum Gasteiger partial charge on any atom is -0.324 e. The van der Waals surface area contributed by atoms with Gasteiger partial charge in [-0.2, -0.15) is 0 Å². The number of carbonyl (C=O) groups excluding carboxylic acids is 1. The van der Waals surface area contributed by atoms with Crippen molar-refractivity contribution < 1.29 is 13.2 Å². The number of sulfonamides is 1. The normalized spacial score (nSPS) is 11.5. The average Bonchev–Trinajstić information content (AvgIpc) is 2.90. The molecule has 0 aliphatic heterocycles. The van der Waals surface area contributed by atoms with E-state index < -0.39 is 10.0 Å². The van der Waals surface area contributed by atoms with E-state index in [0.717, 1.165) is 5.52 Å². The summed E-state index contributed by atoms with van der Waals surface area (Å²) in [7, 11) is -3.75. The van der Waals surface area contributed by atoms with E-state index in [1.165, 1.54) is 28.9 Å². The molecule has 0 unspecified atom stereocenters. The molecule has 0 bridgehead atoms. The number of nitrogens with two attached hydrogens (primary N) is 1. The molecule has 0 radical (unpaired) electrons. The number of fused-ring (bicyclic) bond motifs is 1. The molecule has 1 aromatic heterocycles. The molecule has 23 heavy (non-hydrogen) atoms. The van der Waals surface area contributed by atoms with Crippen LogP contribution in [0.4, 0.5) is 5.69 Å². The molecule has 0 atom stereocenters.